The summed E-state index contributed by atoms with van der Waals surface area (Å²) in [5.41, 5.74) is 1.68. The summed E-state index contributed by atoms with van der Waals surface area (Å²) in [5.74, 6) is 1.05. The molecule has 3 aromatic heterocycles. The van der Waals surface area contributed by atoms with E-state index in [4.69, 9.17) is 0 Å². The van der Waals surface area contributed by atoms with Gasteiger partial charge in [0, 0.05) is 11.1 Å². The number of aromatic nitrogens is 4. The summed E-state index contributed by atoms with van der Waals surface area (Å²) in [6.07, 6.45) is 5.11. The Morgan fingerprint density at radius 1 is 1.41 bits per heavy atom. The first-order valence-electron chi connectivity index (χ1n) is 7.38. The Bertz CT molecular complexity index is 854. The van der Waals surface area contributed by atoms with Crippen molar-refractivity contribution < 1.29 is 0 Å². The third-order valence-corrected chi connectivity index (χ3v) is 4.98. The minimum atomic E-state index is -0.0822. The lowest BCUT2D eigenvalue weighted by molar-refractivity contribution is 0.561. The molecule has 0 spiro atoms. The van der Waals surface area contributed by atoms with Gasteiger partial charge >= 0.3 is 0 Å². The summed E-state index contributed by atoms with van der Waals surface area (Å²) in [6, 6.07) is 1.74. The largest absolute Gasteiger partial charge is 0.305 e. The second-order valence-corrected chi connectivity index (χ2v) is 6.75. The molecule has 3 rings (SSSR count). The number of H-pyrrole nitrogens is 1. The van der Waals surface area contributed by atoms with E-state index in [1.165, 1.54) is 11.2 Å². The van der Waals surface area contributed by atoms with E-state index in [0.717, 1.165) is 28.6 Å². The van der Waals surface area contributed by atoms with Crippen molar-refractivity contribution in [3.05, 3.63) is 39.4 Å². The lowest BCUT2D eigenvalue weighted by Gasteiger charge is -2.08. The van der Waals surface area contributed by atoms with Gasteiger partial charge in [-0.15, -0.1) is 11.3 Å². The van der Waals surface area contributed by atoms with Crippen LogP contribution in [0.2, 0.25) is 0 Å². The first kappa shape index (κ1) is 14.8. The average molecular weight is 314 g/mol. The summed E-state index contributed by atoms with van der Waals surface area (Å²) in [4.78, 5) is 30.0. The summed E-state index contributed by atoms with van der Waals surface area (Å²) in [7, 11) is 0. The molecule has 0 aliphatic rings. The van der Waals surface area contributed by atoms with Crippen LogP contribution >= 0.6 is 11.3 Å². The monoisotopic (exact) mass is 314 g/mol. The zero-order valence-corrected chi connectivity index (χ0v) is 13.7. The SMILES string of the molecule is CCC(C)Cc1c(C)sc2nc(-c3ccncn3)[nH]c(=O)c12. The van der Waals surface area contributed by atoms with E-state index < -0.39 is 0 Å². The summed E-state index contributed by atoms with van der Waals surface area (Å²) < 4.78 is 0. The van der Waals surface area contributed by atoms with E-state index in [1.807, 2.05) is 0 Å². The number of hydrogen-bond donors (Lipinski definition) is 1. The molecule has 0 fully saturated rings. The smallest absolute Gasteiger partial charge is 0.260 e. The average Bonchev–Trinajstić information content (AvgIpc) is 2.84. The van der Waals surface area contributed by atoms with Gasteiger partial charge in [0.1, 0.15) is 16.9 Å². The first-order valence-corrected chi connectivity index (χ1v) is 8.20. The van der Waals surface area contributed by atoms with E-state index in [-0.39, 0.29) is 5.56 Å². The number of fused-ring (bicyclic) bond motifs is 1. The molecule has 22 heavy (non-hydrogen) atoms. The van der Waals surface area contributed by atoms with Crippen LogP contribution in [0.4, 0.5) is 0 Å². The van der Waals surface area contributed by atoms with Crippen LogP contribution < -0.4 is 5.56 Å². The Hall–Kier alpha value is -2.08. The van der Waals surface area contributed by atoms with Gasteiger partial charge < -0.3 is 4.98 Å². The Labute approximate surface area is 132 Å². The number of aromatic amines is 1. The van der Waals surface area contributed by atoms with Crippen molar-refractivity contribution in [1.29, 1.82) is 0 Å². The molecule has 6 heteroatoms. The van der Waals surface area contributed by atoms with E-state index in [1.54, 1.807) is 23.6 Å². The van der Waals surface area contributed by atoms with Gasteiger partial charge in [0.05, 0.1) is 5.39 Å². The molecule has 0 aliphatic carbocycles. The second-order valence-electron chi connectivity index (χ2n) is 5.54. The predicted octanol–water partition coefficient (Wildman–Crippen LogP) is 3.34. The van der Waals surface area contributed by atoms with Gasteiger partial charge in [-0.3, -0.25) is 4.79 Å². The lowest BCUT2D eigenvalue weighted by atomic mass is 9.98. The molecular weight excluding hydrogens is 296 g/mol. The van der Waals surface area contributed by atoms with Crippen molar-refractivity contribution in [2.45, 2.75) is 33.6 Å². The van der Waals surface area contributed by atoms with Crippen molar-refractivity contribution >= 4 is 21.6 Å². The van der Waals surface area contributed by atoms with Gasteiger partial charge in [-0.1, -0.05) is 20.3 Å². The van der Waals surface area contributed by atoms with E-state index in [0.29, 0.717) is 17.4 Å². The molecule has 0 saturated carbocycles. The third kappa shape index (κ3) is 2.66. The van der Waals surface area contributed by atoms with Gasteiger partial charge in [-0.2, -0.15) is 0 Å². The predicted molar refractivity (Wildman–Crippen MR) is 89.2 cm³/mol. The molecule has 1 atom stereocenters. The summed E-state index contributed by atoms with van der Waals surface area (Å²) in [5, 5.41) is 0.737. The molecule has 1 N–H and O–H groups in total. The van der Waals surface area contributed by atoms with Gasteiger partial charge in [0.2, 0.25) is 0 Å². The minimum Gasteiger partial charge on any atom is -0.305 e. The van der Waals surface area contributed by atoms with Crippen LogP contribution in [-0.4, -0.2) is 19.9 Å². The molecule has 0 bridgehead atoms. The highest BCUT2D eigenvalue weighted by atomic mass is 32.1. The summed E-state index contributed by atoms with van der Waals surface area (Å²) in [6.45, 7) is 6.44. The normalized spacial score (nSPS) is 12.7. The van der Waals surface area contributed by atoms with Crippen LogP contribution in [0.15, 0.2) is 23.4 Å². The van der Waals surface area contributed by atoms with E-state index in [2.05, 4.69) is 40.7 Å². The first-order chi connectivity index (χ1) is 10.6. The molecular formula is C16H18N4OS. The molecule has 5 nitrogen and oxygen atoms in total. The van der Waals surface area contributed by atoms with E-state index in [9.17, 15) is 4.79 Å². The van der Waals surface area contributed by atoms with Gasteiger partial charge in [0.15, 0.2) is 5.82 Å². The molecule has 114 valence electrons. The standard InChI is InChI=1S/C16H18N4OS/c1-4-9(2)7-11-10(3)22-16-13(11)15(21)19-14(20-16)12-5-6-17-8-18-12/h5-6,8-9H,4,7H2,1-3H3,(H,19,20,21). The van der Waals surface area contributed by atoms with E-state index >= 15 is 0 Å². The fourth-order valence-electron chi connectivity index (χ4n) is 2.47. The van der Waals surface area contributed by atoms with Crippen molar-refractivity contribution in [2.75, 3.05) is 0 Å². The maximum Gasteiger partial charge on any atom is 0.260 e. The highest BCUT2D eigenvalue weighted by molar-refractivity contribution is 7.18. The van der Waals surface area contributed by atoms with Gasteiger partial charge in [-0.05, 0) is 30.9 Å². The number of aryl methyl sites for hydroxylation is 1. The van der Waals surface area contributed by atoms with Crippen LogP contribution in [0.1, 0.15) is 30.7 Å². The Balaban J connectivity index is 2.15. The highest BCUT2D eigenvalue weighted by Crippen LogP contribution is 2.30. The maximum atomic E-state index is 12.5. The fourth-order valence-corrected chi connectivity index (χ4v) is 3.52. The van der Waals surface area contributed by atoms with Gasteiger partial charge in [-0.25, -0.2) is 15.0 Å². The zero-order chi connectivity index (χ0) is 15.7. The lowest BCUT2D eigenvalue weighted by Crippen LogP contribution is -2.11. The molecule has 3 heterocycles. The number of rotatable bonds is 4. The van der Waals surface area contributed by atoms with Crippen LogP contribution in [0.25, 0.3) is 21.7 Å². The zero-order valence-electron chi connectivity index (χ0n) is 12.9. The Morgan fingerprint density at radius 2 is 2.23 bits per heavy atom. The minimum absolute atomic E-state index is 0.0822. The number of thiophene rings is 1. The second kappa shape index (κ2) is 5.96. The van der Waals surface area contributed by atoms with Crippen molar-refractivity contribution in [3.63, 3.8) is 0 Å². The third-order valence-electron chi connectivity index (χ3n) is 3.94. The highest BCUT2D eigenvalue weighted by Gasteiger charge is 2.17. The van der Waals surface area contributed by atoms with Crippen LogP contribution in [0, 0.1) is 12.8 Å². The van der Waals surface area contributed by atoms with Crippen molar-refractivity contribution in [3.8, 4) is 11.5 Å². The molecule has 0 aromatic carbocycles. The quantitative estimate of drug-likeness (QED) is 0.801. The Kier molecular flexibility index (Phi) is 4.02. The van der Waals surface area contributed by atoms with Crippen LogP contribution in [-0.2, 0) is 6.42 Å². The molecule has 0 saturated heterocycles. The van der Waals surface area contributed by atoms with Crippen molar-refractivity contribution in [1.82, 2.24) is 19.9 Å². The molecule has 0 radical (unpaired) electrons. The number of hydrogen-bond acceptors (Lipinski definition) is 5. The topological polar surface area (TPSA) is 71.5 Å². The number of nitrogens with one attached hydrogen (secondary N) is 1. The van der Waals surface area contributed by atoms with Crippen molar-refractivity contribution in [2.24, 2.45) is 5.92 Å². The molecule has 1 unspecified atom stereocenters. The fraction of sp³-hybridized carbons (Fsp3) is 0.375. The molecule has 0 amide bonds. The van der Waals surface area contributed by atoms with Gasteiger partial charge in [0.25, 0.3) is 5.56 Å². The van der Waals surface area contributed by atoms with Crippen LogP contribution in [0.5, 0.6) is 0 Å². The number of nitrogens with zero attached hydrogens (tertiary/aromatic N) is 3. The summed E-state index contributed by atoms with van der Waals surface area (Å²) >= 11 is 1.58. The maximum absolute atomic E-state index is 12.5. The van der Waals surface area contributed by atoms with Crippen LogP contribution in [0.3, 0.4) is 0 Å². The molecule has 3 aromatic rings. The Morgan fingerprint density at radius 3 is 2.91 bits per heavy atom. The molecule has 0 aliphatic heterocycles.